The van der Waals surface area contributed by atoms with E-state index in [4.69, 9.17) is 4.98 Å². The van der Waals surface area contributed by atoms with Crippen molar-refractivity contribution in [2.75, 3.05) is 13.1 Å². The predicted molar refractivity (Wildman–Crippen MR) is 122 cm³/mol. The Balaban J connectivity index is 1.26. The number of para-hydroxylation sites is 1. The first-order chi connectivity index (χ1) is 14.6. The fraction of sp³-hybridized carbons (Fsp3) is 0.400. The lowest BCUT2D eigenvalue weighted by Gasteiger charge is -2.31. The van der Waals surface area contributed by atoms with Crippen LogP contribution >= 0.6 is 11.3 Å². The van der Waals surface area contributed by atoms with Crippen LogP contribution in [-0.4, -0.2) is 34.7 Å². The molecule has 1 saturated heterocycles. The zero-order chi connectivity index (χ0) is 20.9. The van der Waals surface area contributed by atoms with Gasteiger partial charge in [-0.05, 0) is 37.0 Å². The third-order valence-electron chi connectivity index (χ3n) is 5.89. The summed E-state index contributed by atoms with van der Waals surface area (Å²) < 4.78 is 1.23. The standard InChI is InChI=1S/C25H28N2O2S/c1-2-5-18-8-10-19(11-9-18)22(28)12-13-24(29)27-16-14-20(15-17-27)25-26-21-6-3-4-7-23(21)30-25/h3-4,6-11,20H,2,5,12-17H2,1H3. The number of carbonyl (C=O) groups is 2. The lowest BCUT2D eigenvalue weighted by atomic mass is 9.97. The Bertz CT molecular complexity index is 984. The van der Waals surface area contributed by atoms with Gasteiger partial charge in [0.2, 0.25) is 5.91 Å². The molecular weight excluding hydrogens is 392 g/mol. The van der Waals surface area contributed by atoms with Gasteiger partial charge in [-0.1, -0.05) is 49.7 Å². The maximum absolute atomic E-state index is 12.6. The number of fused-ring (bicyclic) bond motifs is 1. The van der Waals surface area contributed by atoms with Crippen LogP contribution in [0.4, 0.5) is 0 Å². The number of carbonyl (C=O) groups excluding carboxylic acids is 2. The SMILES string of the molecule is CCCc1ccc(C(=O)CCC(=O)N2CCC(c3nc4ccccc4s3)CC2)cc1. The fourth-order valence-electron chi connectivity index (χ4n) is 4.11. The Morgan fingerprint density at radius 3 is 2.47 bits per heavy atom. The third-order valence-corrected chi connectivity index (χ3v) is 7.09. The van der Waals surface area contributed by atoms with Gasteiger partial charge in [-0.3, -0.25) is 9.59 Å². The van der Waals surface area contributed by atoms with Crippen LogP contribution in [0.15, 0.2) is 48.5 Å². The molecule has 30 heavy (non-hydrogen) atoms. The number of nitrogens with zero attached hydrogens (tertiary/aromatic N) is 2. The van der Waals surface area contributed by atoms with E-state index in [-0.39, 0.29) is 18.1 Å². The molecule has 0 unspecified atom stereocenters. The number of aryl methyl sites for hydroxylation is 1. The lowest BCUT2D eigenvalue weighted by molar-refractivity contribution is -0.132. The maximum atomic E-state index is 12.6. The molecule has 1 fully saturated rings. The van der Waals surface area contributed by atoms with Crippen LogP contribution in [-0.2, 0) is 11.2 Å². The maximum Gasteiger partial charge on any atom is 0.223 e. The summed E-state index contributed by atoms with van der Waals surface area (Å²) in [6.07, 6.45) is 4.58. The van der Waals surface area contributed by atoms with Gasteiger partial charge in [-0.2, -0.15) is 0 Å². The summed E-state index contributed by atoms with van der Waals surface area (Å²) in [5, 5.41) is 1.19. The molecule has 0 spiro atoms. The topological polar surface area (TPSA) is 50.3 Å². The molecule has 4 rings (SSSR count). The Kier molecular flexibility index (Phi) is 6.58. The summed E-state index contributed by atoms with van der Waals surface area (Å²) >= 11 is 1.77. The zero-order valence-corrected chi connectivity index (χ0v) is 18.3. The number of piperidine rings is 1. The zero-order valence-electron chi connectivity index (χ0n) is 17.5. The van der Waals surface area contributed by atoms with E-state index < -0.39 is 0 Å². The first kappa shape index (κ1) is 20.7. The third kappa shape index (κ3) is 4.78. The van der Waals surface area contributed by atoms with E-state index in [0.717, 1.165) is 44.3 Å². The second-order valence-corrected chi connectivity index (χ2v) is 9.11. The molecule has 0 N–H and O–H groups in total. The monoisotopic (exact) mass is 420 g/mol. The van der Waals surface area contributed by atoms with E-state index in [2.05, 4.69) is 19.1 Å². The summed E-state index contributed by atoms with van der Waals surface area (Å²) in [5.74, 6) is 0.569. The van der Waals surface area contributed by atoms with Crippen molar-refractivity contribution in [3.63, 3.8) is 0 Å². The van der Waals surface area contributed by atoms with Crippen LogP contribution in [0, 0.1) is 0 Å². The predicted octanol–water partition coefficient (Wildman–Crippen LogP) is 5.62. The van der Waals surface area contributed by atoms with E-state index in [9.17, 15) is 9.59 Å². The molecule has 1 aliphatic rings. The van der Waals surface area contributed by atoms with Crippen molar-refractivity contribution in [1.29, 1.82) is 0 Å². The van der Waals surface area contributed by atoms with Crippen molar-refractivity contribution in [3.05, 3.63) is 64.7 Å². The van der Waals surface area contributed by atoms with Crippen LogP contribution in [0.2, 0.25) is 0 Å². The molecule has 2 aromatic carbocycles. The number of ketones is 1. The van der Waals surface area contributed by atoms with Crippen LogP contribution < -0.4 is 0 Å². The van der Waals surface area contributed by atoms with Crippen molar-refractivity contribution in [1.82, 2.24) is 9.88 Å². The van der Waals surface area contributed by atoms with Gasteiger partial charge in [0, 0.05) is 37.4 Å². The summed E-state index contributed by atoms with van der Waals surface area (Å²) in [7, 11) is 0. The Morgan fingerprint density at radius 2 is 1.77 bits per heavy atom. The minimum atomic E-state index is 0.0516. The van der Waals surface area contributed by atoms with Crippen molar-refractivity contribution >= 4 is 33.2 Å². The molecule has 3 aromatic rings. The molecule has 4 nitrogen and oxygen atoms in total. The molecule has 0 bridgehead atoms. The van der Waals surface area contributed by atoms with Crippen molar-refractivity contribution in [2.45, 2.75) is 51.4 Å². The van der Waals surface area contributed by atoms with Gasteiger partial charge in [-0.25, -0.2) is 4.98 Å². The second-order valence-electron chi connectivity index (χ2n) is 8.04. The molecule has 0 aliphatic carbocycles. The average molecular weight is 421 g/mol. The minimum absolute atomic E-state index is 0.0516. The van der Waals surface area contributed by atoms with Crippen LogP contribution in [0.5, 0.6) is 0 Å². The fourth-order valence-corrected chi connectivity index (χ4v) is 5.25. The van der Waals surface area contributed by atoms with Crippen molar-refractivity contribution in [2.24, 2.45) is 0 Å². The van der Waals surface area contributed by atoms with Gasteiger partial charge in [0.15, 0.2) is 5.78 Å². The number of likely N-dealkylation sites (tertiary alicyclic amines) is 1. The van der Waals surface area contributed by atoms with E-state index in [1.165, 1.54) is 15.3 Å². The summed E-state index contributed by atoms with van der Waals surface area (Å²) in [6, 6.07) is 16.1. The van der Waals surface area contributed by atoms with Crippen molar-refractivity contribution in [3.8, 4) is 0 Å². The number of hydrogen-bond acceptors (Lipinski definition) is 4. The number of thiazole rings is 1. The highest BCUT2D eigenvalue weighted by Crippen LogP contribution is 2.33. The quantitative estimate of drug-likeness (QED) is 0.466. The second kappa shape index (κ2) is 9.52. The van der Waals surface area contributed by atoms with Gasteiger partial charge in [0.25, 0.3) is 0 Å². The molecule has 1 amide bonds. The number of benzene rings is 2. The van der Waals surface area contributed by atoms with E-state index >= 15 is 0 Å². The molecule has 5 heteroatoms. The lowest BCUT2D eigenvalue weighted by Crippen LogP contribution is -2.38. The van der Waals surface area contributed by atoms with E-state index in [0.29, 0.717) is 17.9 Å². The Morgan fingerprint density at radius 1 is 1.03 bits per heavy atom. The first-order valence-electron chi connectivity index (χ1n) is 10.9. The molecule has 2 heterocycles. The number of Topliss-reactive ketones (excluding diaryl/α,β-unsaturated/α-hetero) is 1. The minimum Gasteiger partial charge on any atom is -0.343 e. The molecule has 1 aliphatic heterocycles. The van der Waals surface area contributed by atoms with E-state index in [1.54, 1.807) is 11.3 Å². The summed E-state index contributed by atoms with van der Waals surface area (Å²) in [4.78, 5) is 31.8. The molecule has 0 radical (unpaired) electrons. The van der Waals surface area contributed by atoms with Crippen LogP contribution in [0.3, 0.4) is 0 Å². The number of amides is 1. The molecule has 156 valence electrons. The Hall–Kier alpha value is -2.53. The Labute approximate surface area is 181 Å². The summed E-state index contributed by atoms with van der Waals surface area (Å²) in [5.41, 5.74) is 3.02. The highest BCUT2D eigenvalue weighted by molar-refractivity contribution is 7.18. The van der Waals surface area contributed by atoms with Crippen molar-refractivity contribution < 1.29 is 9.59 Å². The van der Waals surface area contributed by atoms with Crippen LogP contribution in [0.1, 0.15) is 65.9 Å². The van der Waals surface area contributed by atoms with Gasteiger partial charge < -0.3 is 4.90 Å². The van der Waals surface area contributed by atoms with Gasteiger partial charge in [0.1, 0.15) is 0 Å². The molecule has 0 atom stereocenters. The summed E-state index contributed by atoms with van der Waals surface area (Å²) in [6.45, 7) is 3.64. The van der Waals surface area contributed by atoms with Gasteiger partial charge >= 0.3 is 0 Å². The number of rotatable bonds is 7. The smallest absolute Gasteiger partial charge is 0.223 e. The van der Waals surface area contributed by atoms with Crippen LogP contribution in [0.25, 0.3) is 10.2 Å². The highest BCUT2D eigenvalue weighted by Gasteiger charge is 2.26. The molecule has 0 saturated carbocycles. The van der Waals surface area contributed by atoms with Gasteiger partial charge in [0.05, 0.1) is 15.2 Å². The average Bonchev–Trinajstić information content (AvgIpc) is 3.22. The molecule has 1 aromatic heterocycles. The first-order valence-corrected chi connectivity index (χ1v) is 11.7. The normalized spacial score (nSPS) is 14.9. The van der Waals surface area contributed by atoms with Gasteiger partial charge in [-0.15, -0.1) is 11.3 Å². The highest BCUT2D eigenvalue weighted by atomic mass is 32.1. The number of hydrogen-bond donors (Lipinski definition) is 0. The number of aromatic nitrogens is 1. The molecular formula is C25H28N2O2S. The largest absolute Gasteiger partial charge is 0.343 e. The van der Waals surface area contributed by atoms with E-state index in [1.807, 2.05) is 41.3 Å².